The minimum atomic E-state index is 0.141. The molecule has 1 amide bonds. The van der Waals surface area contributed by atoms with E-state index < -0.39 is 0 Å². The van der Waals surface area contributed by atoms with Gasteiger partial charge in [0.2, 0.25) is 5.91 Å². The largest absolute Gasteiger partial charge is 0.497 e. The first-order valence-electron chi connectivity index (χ1n) is 8.38. The van der Waals surface area contributed by atoms with Gasteiger partial charge in [-0.2, -0.15) is 11.3 Å². The van der Waals surface area contributed by atoms with Crippen molar-refractivity contribution in [1.82, 2.24) is 10.2 Å². The molecular formula is C19H24N2O2S. The molecule has 1 aliphatic heterocycles. The maximum atomic E-state index is 12.4. The summed E-state index contributed by atoms with van der Waals surface area (Å²) in [5.41, 5.74) is 2.47. The van der Waals surface area contributed by atoms with Crippen molar-refractivity contribution < 1.29 is 9.53 Å². The number of thiophene rings is 1. The van der Waals surface area contributed by atoms with E-state index in [0.717, 1.165) is 43.8 Å². The van der Waals surface area contributed by atoms with E-state index >= 15 is 0 Å². The van der Waals surface area contributed by atoms with Crippen molar-refractivity contribution in [2.45, 2.75) is 25.9 Å². The lowest BCUT2D eigenvalue weighted by atomic mass is 9.95. The van der Waals surface area contributed by atoms with Gasteiger partial charge in [0, 0.05) is 19.0 Å². The number of nitrogens with zero attached hydrogens (tertiary/aromatic N) is 1. The molecule has 1 fully saturated rings. The fraction of sp³-hybridized carbons (Fsp3) is 0.421. The summed E-state index contributed by atoms with van der Waals surface area (Å²) in [5.74, 6) is 1.16. The Hall–Kier alpha value is -1.85. The van der Waals surface area contributed by atoms with Gasteiger partial charge in [0.25, 0.3) is 0 Å². The van der Waals surface area contributed by atoms with Crippen LogP contribution in [-0.2, 0) is 17.9 Å². The number of piperidine rings is 1. The quantitative estimate of drug-likeness (QED) is 0.874. The standard InChI is InChI=1S/C19H24N2O2S/c1-23-18-4-2-15(3-5-18)12-20-19(22)17-6-9-21(10-7-17)13-16-8-11-24-14-16/h2-5,8,11,14,17H,6-7,9-10,12-13H2,1H3,(H,20,22). The summed E-state index contributed by atoms with van der Waals surface area (Å²) >= 11 is 1.74. The van der Waals surface area contributed by atoms with E-state index in [-0.39, 0.29) is 11.8 Å². The number of nitrogens with one attached hydrogen (secondary N) is 1. The van der Waals surface area contributed by atoms with Crippen LogP contribution in [0.15, 0.2) is 41.1 Å². The monoisotopic (exact) mass is 344 g/mol. The molecule has 0 radical (unpaired) electrons. The zero-order valence-electron chi connectivity index (χ0n) is 14.0. The van der Waals surface area contributed by atoms with Crippen LogP contribution in [-0.4, -0.2) is 31.0 Å². The summed E-state index contributed by atoms with van der Waals surface area (Å²) in [5, 5.41) is 7.39. The molecule has 0 spiro atoms. The lowest BCUT2D eigenvalue weighted by Gasteiger charge is -2.31. The normalized spacial score (nSPS) is 16.0. The van der Waals surface area contributed by atoms with E-state index in [0.29, 0.717) is 6.54 Å². The number of rotatable bonds is 6. The summed E-state index contributed by atoms with van der Waals surface area (Å²) in [7, 11) is 1.65. The van der Waals surface area contributed by atoms with Gasteiger partial charge in [0.15, 0.2) is 0 Å². The third-order valence-electron chi connectivity index (χ3n) is 4.57. The number of hydrogen-bond donors (Lipinski definition) is 1. The Balaban J connectivity index is 1.41. The highest BCUT2D eigenvalue weighted by Crippen LogP contribution is 2.20. The highest BCUT2D eigenvalue weighted by atomic mass is 32.1. The molecule has 0 aliphatic carbocycles. The summed E-state index contributed by atoms with van der Waals surface area (Å²) < 4.78 is 5.15. The SMILES string of the molecule is COc1ccc(CNC(=O)C2CCN(Cc3ccsc3)CC2)cc1. The van der Waals surface area contributed by atoms with Gasteiger partial charge in [-0.15, -0.1) is 0 Å². The first-order chi connectivity index (χ1) is 11.7. The van der Waals surface area contributed by atoms with E-state index in [1.165, 1.54) is 5.56 Å². The number of amides is 1. The minimum absolute atomic E-state index is 0.141. The molecule has 5 heteroatoms. The zero-order valence-corrected chi connectivity index (χ0v) is 14.8. The van der Waals surface area contributed by atoms with Gasteiger partial charge in [-0.3, -0.25) is 9.69 Å². The molecule has 1 aromatic carbocycles. The van der Waals surface area contributed by atoms with Crippen molar-refractivity contribution in [2.75, 3.05) is 20.2 Å². The molecular weight excluding hydrogens is 320 g/mol. The zero-order chi connectivity index (χ0) is 16.8. The maximum Gasteiger partial charge on any atom is 0.223 e. The highest BCUT2D eigenvalue weighted by Gasteiger charge is 2.24. The van der Waals surface area contributed by atoms with Gasteiger partial charge in [0.1, 0.15) is 5.75 Å². The van der Waals surface area contributed by atoms with Crippen LogP contribution < -0.4 is 10.1 Å². The number of likely N-dealkylation sites (tertiary alicyclic amines) is 1. The van der Waals surface area contributed by atoms with Crippen molar-refractivity contribution in [3.63, 3.8) is 0 Å². The smallest absolute Gasteiger partial charge is 0.223 e. The fourth-order valence-electron chi connectivity index (χ4n) is 3.07. The van der Waals surface area contributed by atoms with E-state index in [4.69, 9.17) is 4.74 Å². The molecule has 1 aliphatic rings. The Morgan fingerprint density at radius 1 is 1.21 bits per heavy atom. The van der Waals surface area contributed by atoms with Crippen molar-refractivity contribution in [3.8, 4) is 5.75 Å². The molecule has 128 valence electrons. The molecule has 24 heavy (non-hydrogen) atoms. The predicted molar refractivity (Wildman–Crippen MR) is 97.2 cm³/mol. The molecule has 2 aromatic rings. The molecule has 4 nitrogen and oxygen atoms in total. The van der Waals surface area contributed by atoms with Gasteiger partial charge in [-0.05, 0) is 66.0 Å². The predicted octanol–water partition coefficient (Wildman–Crippen LogP) is 3.29. The molecule has 2 heterocycles. The Kier molecular flexibility index (Phi) is 5.88. The second-order valence-corrected chi connectivity index (χ2v) is 7.03. The Morgan fingerprint density at radius 3 is 2.58 bits per heavy atom. The van der Waals surface area contributed by atoms with Crippen molar-refractivity contribution >= 4 is 17.2 Å². The third-order valence-corrected chi connectivity index (χ3v) is 5.30. The van der Waals surface area contributed by atoms with Crippen LogP contribution in [0.5, 0.6) is 5.75 Å². The van der Waals surface area contributed by atoms with E-state index in [1.54, 1.807) is 18.4 Å². The summed E-state index contributed by atoms with van der Waals surface area (Å²) in [4.78, 5) is 14.8. The molecule has 3 rings (SSSR count). The molecule has 0 unspecified atom stereocenters. The minimum Gasteiger partial charge on any atom is -0.497 e. The average molecular weight is 344 g/mol. The molecule has 0 atom stereocenters. The number of methoxy groups -OCH3 is 1. The van der Waals surface area contributed by atoms with Crippen LogP contribution in [0.25, 0.3) is 0 Å². The van der Waals surface area contributed by atoms with Crippen molar-refractivity contribution in [1.29, 1.82) is 0 Å². The Morgan fingerprint density at radius 2 is 1.96 bits per heavy atom. The van der Waals surface area contributed by atoms with Gasteiger partial charge >= 0.3 is 0 Å². The molecule has 0 saturated carbocycles. The van der Waals surface area contributed by atoms with E-state index in [2.05, 4.69) is 27.0 Å². The van der Waals surface area contributed by atoms with Gasteiger partial charge in [-0.25, -0.2) is 0 Å². The first-order valence-corrected chi connectivity index (χ1v) is 9.33. The summed E-state index contributed by atoms with van der Waals surface area (Å²) in [6, 6.07) is 10.00. The number of carbonyl (C=O) groups is 1. The first kappa shape index (κ1) is 17.0. The second-order valence-electron chi connectivity index (χ2n) is 6.25. The van der Waals surface area contributed by atoms with Crippen LogP contribution in [0.1, 0.15) is 24.0 Å². The van der Waals surface area contributed by atoms with Crippen LogP contribution in [0, 0.1) is 5.92 Å². The number of benzene rings is 1. The van der Waals surface area contributed by atoms with Gasteiger partial charge in [-0.1, -0.05) is 12.1 Å². The molecule has 1 saturated heterocycles. The lowest BCUT2D eigenvalue weighted by molar-refractivity contribution is -0.126. The molecule has 1 N–H and O–H groups in total. The third kappa shape index (κ3) is 4.58. The Labute approximate surface area is 147 Å². The number of ether oxygens (including phenoxy) is 1. The van der Waals surface area contributed by atoms with Crippen molar-refractivity contribution in [3.05, 3.63) is 52.2 Å². The van der Waals surface area contributed by atoms with Crippen LogP contribution >= 0.6 is 11.3 Å². The molecule has 0 bridgehead atoms. The molecule has 1 aromatic heterocycles. The Bertz CT molecular complexity index is 632. The van der Waals surface area contributed by atoms with Gasteiger partial charge < -0.3 is 10.1 Å². The number of hydrogen-bond acceptors (Lipinski definition) is 4. The summed E-state index contributed by atoms with van der Waals surface area (Å²) in [6.07, 6.45) is 1.89. The van der Waals surface area contributed by atoms with Crippen LogP contribution in [0.2, 0.25) is 0 Å². The van der Waals surface area contributed by atoms with E-state index in [1.807, 2.05) is 24.3 Å². The topological polar surface area (TPSA) is 41.6 Å². The number of carbonyl (C=O) groups excluding carboxylic acids is 1. The van der Waals surface area contributed by atoms with Crippen LogP contribution in [0.4, 0.5) is 0 Å². The fourth-order valence-corrected chi connectivity index (χ4v) is 3.73. The van der Waals surface area contributed by atoms with Crippen LogP contribution in [0.3, 0.4) is 0 Å². The van der Waals surface area contributed by atoms with E-state index in [9.17, 15) is 4.79 Å². The highest BCUT2D eigenvalue weighted by molar-refractivity contribution is 7.07. The summed E-state index contributed by atoms with van der Waals surface area (Å²) in [6.45, 7) is 3.58. The average Bonchev–Trinajstić information content (AvgIpc) is 3.14. The van der Waals surface area contributed by atoms with Gasteiger partial charge in [0.05, 0.1) is 7.11 Å². The maximum absolute atomic E-state index is 12.4. The lowest BCUT2D eigenvalue weighted by Crippen LogP contribution is -2.40. The van der Waals surface area contributed by atoms with Crippen molar-refractivity contribution in [2.24, 2.45) is 5.92 Å². The second kappa shape index (κ2) is 8.31.